The summed E-state index contributed by atoms with van der Waals surface area (Å²) in [5.41, 5.74) is 2.20. The van der Waals surface area contributed by atoms with Gasteiger partial charge < -0.3 is 9.64 Å². The largest absolute Gasteiger partial charge is 0.573 e. The van der Waals surface area contributed by atoms with Gasteiger partial charge >= 0.3 is 6.36 Å². The van der Waals surface area contributed by atoms with Gasteiger partial charge in [0, 0.05) is 18.9 Å². The molecule has 3 aromatic carbocycles. The summed E-state index contributed by atoms with van der Waals surface area (Å²) >= 11 is 0. The van der Waals surface area contributed by atoms with E-state index in [-0.39, 0.29) is 24.4 Å². The second-order valence-corrected chi connectivity index (χ2v) is 9.71. The molecular formula is C32H24F3N5O3. The number of benzene rings is 3. The van der Waals surface area contributed by atoms with E-state index in [2.05, 4.69) is 15.8 Å². The maximum Gasteiger partial charge on any atom is 0.573 e. The molecule has 0 unspecified atom stereocenters. The minimum atomic E-state index is -4.83. The van der Waals surface area contributed by atoms with Gasteiger partial charge in [-0.15, -0.1) is 13.2 Å². The number of para-hydroxylation sites is 1. The number of amides is 1. The molecule has 0 aliphatic rings. The van der Waals surface area contributed by atoms with Crippen LogP contribution in [-0.4, -0.2) is 31.7 Å². The van der Waals surface area contributed by atoms with Gasteiger partial charge in [-0.3, -0.25) is 19.1 Å². The average molecular weight is 584 g/mol. The van der Waals surface area contributed by atoms with Gasteiger partial charge in [0.2, 0.25) is 5.91 Å². The number of fused-ring (bicyclic) bond motifs is 1. The van der Waals surface area contributed by atoms with Crippen LogP contribution in [-0.2, 0) is 17.8 Å². The average Bonchev–Trinajstić information content (AvgIpc) is 3.00. The Morgan fingerprint density at radius 2 is 1.72 bits per heavy atom. The van der Waals surface area contributed by atoms with Crippen LogP contribution in [0, 0.1) is 11.3 Å². The van der Waals surface area contributed by atoms with E-state index in [0.29, 0.717) is 33.5 Å². The van der Waals surface area contributed by atoms with E-state index in [0.717, 1.165) is 17.7 Å². The molecule has 216 valence electrons. The molecule has 0 N–H and O–H groups in total. The van der Waals surface area contributed by atoms with Crippen LogP contribution in [0.15, 0.2) is 102 Å². The van der Waals surface area contributed by atoms with Crippen molar-refractivity contribution < 1.29 is 22.7 Å². The molecule has 0 saturated heterocycles. The summed E-state index contributed by atoms with van der Waals surface area (Å²) < 4.78 is 43.2. The number of hydrogen-bond acceptors (Lipinski definition) is 6. The Bertz CT molecular complexity index is 1850. The Kier molecular flexibility index (Phi) is 8.20. The third kappa shape index (κ3) is 6.70. The predicted molar refractivity (Wildman–Crippen MR) is 152 cm³/mol. The van der Waals surface area contributed by atoms with Crippen LogP contribution in [0.3, 0.4) is 0 Å². The lowest BCUT2D eigenvalue weighted by Crippen LogP contribution is -2.38. The minimum absolute atomic E-state index is 0.124. The van der Waals surface area contributed by atoms with Crippen molar-refractivity contribution in [2.45, 2.75) is 32.3 Å². The Morgan fingerprint density at radius 1 is 1.00 bits per heavy atom. The van der Waals surface area contributed by atoms with Crippen molar-refractivity contribution in [3.8, 4) is 17.5 Å². The number of alkyl halides is 3. The SMILES string of the molecule is C[C@H](c1nc2ccccc2c(=O)n1-c1ccc(C#N)cc1)N(Cc1cccnc1)C(=O)Cc1ccc(OC(F)(F)F)cc1. The number of nitrogens with zero attached hydrogens (tertiary/aromatic N) is 5. The standard InChI is InChI=1S/C32H24F3N5O3/c1-21(30-38-28-7-3-2-6-27(28)31(42)40(30)25-12-8-23(18-36)9-13-25)39(20-24-5-4-16-37-19-24)29(41)17-22-10-14-26(15-11-22)43-32(33,34)35/h2-16,19,21H,17,20H2,1H3/t21-/m1/s1. The molecule has 5 rings (SSSR count). The van der Waals surface area contributed by atoms with Crippen molar-refractivity contribution in [1.29, 1.82) is 5.26 Å². The van der Waals surface area contributed by atoms with Gasteiger partial charge in [0.25, 0.3) is 5.56 Å². The summed E-state index contributed by atoms with van der Waals surface area (Å²) in [5.74, 6) is -0.453. The van der Waals surface area contributed by atoms with Crippen LogP contribution < -0.4 is 10.3 Å². The van der Waals surface area contributed by atoms with E-state index < -0.39 is 18.2 Å². The van der Waals surface area contributed by atoms with Crippen LogP contribution >= 0.6 is 0 Å². The highest BCUT2D eigenvalue weighted by Gasteiger charge is 2.31. The first-order valence-corrected chi connectivity index (χ1v) is 13.2. The third-order valence-corrected chi connectivity index (χ3v) is 6.81. The first-order chi connectivity index (χ1) is 20.6. The summed E-state index contributed by atoms with van der Waals surface area (Å²) in [4.78, 5) is 38.2. The maximum absolute atomic E-state index is 13.9. The van der Waals surface area contributed by atoms with Crippen molar-refractivity contribution in [2.75, 3.05) is 0 Å². The summed E-state index contributed by atoms with van der Waals surface area (Å²) in [6.07, 6.45) is -1.73. The van der Waals surface area contributed by atoms with Crippen LogP contribution in [0.5, 0.6) is 5.75 Å². The zero-order chi connectivity index (χ0) is 30.6. The third-order valence-electron chi connectivity index (χ3n) is 6.81. The van der Waals surface area contributed by atoms with Crippen molar-refractivity contribution >= 4 is 16.8 Å². The number of ether oxygens (including phenoxy) is 1. The molecule has 0 radical (unpaired) electrons. The molecule has 2 aromatic heterocycles. The highest BCUT2D eigenvalue weighted by Crippen LogP contribution is 2.27. The molecular weight excluding hydrogens is 559 g/mol. The Balaban J connectivity index is 1.57. The van der Waals surface area contributed by atoms with E-state index in [9.17, 15) is 28.0 Å². The quantitative estimate of drug-likeness (QED) is 0.226. The maximum atomic E-state index is 13.9. The molecule has 43 heavy (non-hydrogen) atoms. The first-order valence-electron chi connectivity index (χ1n) is 13.2. The number of halogens is 3. The fourth-order valence-corrected chi connectivity index (χ4v) is 4.72. The highest BCUT2D eigenvalue weighted by atomic mass is 19.4. The predicted octanol–water partition coefficient (Wildman–Crippen LogP) is 5.88. The van der Waals surface area contributed by atoms with Crippen molar-refractivity contribution in [2.24, 2.45) is 0 Å². The number of hydrogen-bond donors (Lipinski definition) is 0. The molecule has 0 spiro atoms. The van der Waals surface area contributed by atoms with Crippen LogP contribution in [0.25, 0.3) is 16.6 Å². The highest BCUT2D eigenvalue weighted by molar-refractivity contribution is 5.80. The number of rotatable bonds is 8. The fourth-order valence-electron chi connectivity index (χ4n) is 4.72. The molecule has 11 heteroatoms. The lowest BCUT2D eigenvalue weighted by molar-refractivity contribution is -0.274. The molecule has 5 aromatic rings. The van der Waals surface area contributed by atoms with Crippen molar-refractivity contribution in [3.63, 3.8) is 0 Å². The second-order valence-electron chi connectivity index (χ2n) is 9.71. The summed E-state index contributed by atoms with van der Waals surface area (Å²) in [6, 6.07) is 23.3. The molecule has 0 fully saturated rings. The van der Waals surface area contributed by atoms with Crippen LogP contribution in [0.1, 0.15) is 35.5 Å². The molecule has 8 nitrogen and oxygen atoms in total. The van der Waals surface area contributed by atoms with Crippen molar-refractivity contribution in [1.82, 2.24) is 19.4 Å². The van der Waals surface area contributed by atoms with Gasteiger partial charge in [-0.25, -0.2) is 4.98 Å². The van der Waals surface area contributed by atoms with Gasteiger partial charge in [0.05, 0.1) is 40.7 Å². The van der Waals surface area contributed by atoms with Gasteiger partial charge in [-0.2, -0.15) is 5.26 Å². The number of aromatic nitrogens is 3. The zero-order valence-electron chi connectivity index (χ0n) is 22.8. The zero-order valence-corrected chi connectivity index (χ0v) is 22.8. The number of nitriles is 1. The van der Waals surface area contributed by atoms with Crippen LogP contribution in [0.2, 0.25) is 0 Å². The molecule has 0 aliphatic heterocycles. The molecule has 0 bridgehead atoms. The van der Waals surface area contributed by atoms with Crippen LogP contribution in [0.4, 0.5) is 13.2 Å². The second kappa shape index (κ2) is 12.2. The number of pyridine rings is 1. The normalized spacial score (nSPS) is 12.0. The molecule has 1 atom stereocenters. The Labute approximate surface area is 244 Å². The summed E-state index contributed by atoms with van der Waals surface area (Å²) in [5, 5.41) is 9.64. The van der Waals surface area contributed by atoms with Gasteiger partial charge in [0.15, 0.2) is 0 Å². The van der Waals surface area contributed by atoms with E-state index in [1.165, 1.54) is 16.7 Å². The lowest BCUT2D eigenvalue weighted by atomic mass is 10.1. The summed E-state index contributed by atoms with van der Waals surface area (Å²) in [7, 11) is 0. The molecule has 0 saturated carbocycles. The van der Waals surface area contributed by atoms with Crippen molar-refractivity contribution in [3.05, 3.63) is 130 Å². The Hall–Kier alpha value is -5.50. The topological polar surface area (TPSA) is 101 Å². The van der Waals surface area contributed by atoms with E-state index in [4.69, 9.17) is 4.98 Å². The fraction of sp³-hybridized carbons (Fsp3) is 0.156. The monoisotopic (exact) mass is 583 g/mol. The van der Waals surface area contributed by atoms with E-state index in [1.54, 1.807) is 78.8 Å². The number of carbonyl (C=O) groups excluding carboxylic acids is 1. The lowest BCUT2D eigenvalue weighted by Gasteiger charge is -2.31. The molecule has 0 aliphatic carbocycles. The number of carbonyl (C=O) groups is 1. The van der Waals surface area contributed by atoms with E-state index >= 15 is 0 Å². The van der Waals surface area contributed by atoms with Gasteiger partial charge in [-0.1, -0.05) is 30.3 Å². The molecule has 1 amide bonds. The summed E-state index contributed by atoms with van der Waals surface area (Å²) in [6.45, 7) is 1.88. The van der Waals surface area contributed by atoms with Gasteiger partial charge in [0.1, 0.15) is 11.6 Å². The first kappa shape index (κ1) is 29.0. The van der Waals surface area contributed by atoms with E-state index in [1.807, 2.05) is 6.07 Å². The van der Waals surface area contributed by atoms with Gasteiger partial charge in [-0.05, 0) is 72.6 Å². The Morgan fingerprint density at radius 3 is 2.37 bits per heavy atom. The minimum Gasteiger partial charge on any atom is -0.406 e. The molecule has 2 heterocycles. The smallest absolute Gasteiger partial charge is 0.406 e.